The lowest BCUT2D eigenvalue weighted by Gasteiger charge is -2.32. The molecule has 1 aliphatic heterocycles. The average Bonchev–Trinajstić information content (AvgIpc) is 2.39. The van der Waals surface area contributed by atoms with Crippen LogP contribution in [0.3, 0.4) is 0 Å². The molecule has 0 amide bonds. The number of carboxylic acids is 1. The lowest BCUT2D eigenvalue weighted by Crippen LogP contribution is -2.45. The van der Waals surface area contributed by atoms with Gasteiger partial charge in [0.1, 0.15) is 17.8 Å². The first kappa shape index (κ1) is 11.3. The Morgan fingerprint density at radius 3 is 3.12 bits per heavy atom. The largest absolute Gasteiger partial charge is 0.480 e. The van der Waals surface area contributed by atoms with Gasteiger partial charge in [-0.15, -0.1) is 0 Å². The Kier molecular flexibility index (Phi) is 3.19. The van der Waals surface area contributed by atoms with Crippen LogP contribution in [0.4, 0.5) is 5.95 Å². The molecule has 1 aromatic rings. The Morgan fingerprint density at radius 1 is 1.59 bits per heavy atom. The summed E-state index contributed by atoms with van der Waals surface area (Å²) in [4.78, 5) is 20.9. The fourth-order valence-electron chi connectivity index (χ4n) is 1.98. The molecule has 17 heavy (non-hydrogen) atoms. The molecule has 1 N–H and O–H groups in total. The Morgan fingerprint density at radius 2 is 2.41 bits per heavy atom. The van der Waals surface area contributed by atoms with E-state index in [-0.39, 0.29) is 5.69 Å². The number of aromatic nitrogens is 2. The highest BCUT2D eigenvalue weighted by Crippen LogP contribution is 2.21. The second-order valence-corrected chi connectivity index (χ2v) is 3.90. The number of nitriles is 1. The number of aliphatic carboxylic acids is 1. The third kappa shape index (κ3) is 2.33. The van der Waals surface area contributed by atoms with E-state index in [0.717, 1.165) is 12.8 Å². The van der Waals surface area contributed by atoms with Crippen LogP contribution in [0.2, 0.25) is 0 Å². The maximum absolute atomic E-state index is 11.1. The quantitative estimate of drug-likeness (QED) is 0.810. The van der Waals surface area contributed by atoms with Crippen molar-refractivity contribution in [3.8, 4) is 6.07 Å². The number of anilines is 1. The number of nitrogens with zero attached hydrogens (tertiary/aromatic N) is 4. The van der Waals surface area contributed by atoms with Gasteiger partial charge < -0.3 is 10.0 Å². The molecule has 1 saturated heterocycles. The first-order valence-electron chi connectivity index (χ1n) is 5.45. The lowest BCUT2D eigenvalue weighted by atomic mass is 10.0. The molecule has 6 nitrogen and oxygen atoms in total. The maximum Gasteiger partial charge on any atom is 0.326 e. The van der Waals surface area contributed by atoms with Crippen LogP contribution < -0.4 is 4.90 Å². The summed E-state index contributed by atoms with van der Waals surface area (Å²) in [5.41, 5.74) is 0.254. The first-order chi connectivity index (χ1) is 8.22. The zero-order valence-electron chi connectivity index (χ0n) is 9.20. The molecular formula is C11H12N4O2. The molecule has 6 heteroatoms. The minimum Gasteiger partial charge on any atom is -0.480 e. The minimum atomic E-state index is -0.865. The molecule has 88 valence electrons. The molecule has 0 spiro atoms. The number of rotatable bonds is 2. The number of hydrogen-bond donors (Lipinski definition) is 1. The van der Waals surface area contributed by atoms with Gasteiger partial charge in [-0.1, -0.05) is 0 Å². The van der Waals surface area contributed by atoms with Gasteiger partial charge in [0.05, 0.1) is 0 Å². The van der Waals surface area contributed by atoms with E-state index < -0.39 is 12.0 Å². The van der Waals surface area contributed by atoms with E-state index in [1.807, 2.05) is 6.07 Å². The van der Waals surface area contributed by atoms with Crippen LogP contribution in [0.25, 0.3) is 0 Å². The highest BCUT2D eigenvalue weighted by Gasteiger charge is 2.30. The zero-order chi connectivity index (χ0) is 12.3. The summed E-state index contributed by atoms with van der Waals surface area (Å²) in [5, 5.41) is 17.9. The predicted molar refractivity (Wildman–Crippen MR) is 59.4 cm³/mol. The SMILES string of the molecule is N#Cc1ccnc(N2CCCCC2C(=O)O)n1. The van der Waals surface area contributed by atoms with Crippen LogP contribution in [0, 0.1) is 11.3 Å². The van der Waals surface area contributed by atoms with E-state index in [4.69, 9.17) is 10.4 Å². The van der Waals surface area contributed by atoms with E-state index in [1.165, 1.54) is 12.3 Å². The highest BCUT2D eigenvalue weighted by molar-refractivity contribution is 5.77. The molecule has 0 radical (unpaired) electrons. The van der Waals surface area contributed by atoms with Crippen molar-refractivity contribution in [3.63, 3.8) is 0 Å². The van der Waals surface area contributed by atoms with Gasteiger partial charge in [0.15, 0.2) is 0 Å². The third-order valence-corrected chi connectivity index (χ3v) is 2.80. The minimum absolute atomic E-state index is 0.254. The molecule has 1 aliphatic rings. The molecule has 0 bridgehead atoms. The summed E-state index contributed by atoms with van der Waals surface area (Å²) in [6.45, 7) is 0.617. The van der Waals surface area contributed by atoms with Crippen molar-refractivity contribution in [1.29, 1.82) is 5.26 Å². The van der Waals surface area contributed by atoms with Crippen molar-refractivity contribution < 1.29 is 9.90 Å². The van der Waals surface area contributed by atoms with Crippen molar-refractivity contribution in [3.05, 3.63) is 18.0 Å². The van der Waals surface area contributed by atoms with Crippen molar-refractivity contribution in [1.82, 2.24) is 9.97 Å². The Balaban J connectivity index is 2.29. The smallest absolute Gasteiger partial charge is 0.326 e. The van der Waals surface area contributed by atoms with Crippen molar-refractivity contribution >= 4 is 11.9 Å². The second kappa shape index (κ2) is 4.78. The number of carboxylic acid groups (broad SMARTS) is 1. The molecule has 0 aromatic carbocycles. The van der Waals surface area contributed by atoms with Gasteiger partial charge in [-0.3, -0.25) is 0 Å². The van der Waals surface area contributed by atoms with E-state index >= 15 is 0 Å². The van der Waals surface area contributed by atoms with Gasteiger partial charge in [0.2, 0.25) is 5.95 Å². The summed E-state index contributed by atoms with van der Waals surface area (Å²) in [6.07, 6.45) is 3.89. The predicted octanol–water partition coefficient (Wildman–Crippen LogP) is 0.792. The topological polar surface area (TPSA) is 90.1 Å². The van der Waals surface area contributed by atoms with E-state index in [9.17, 15) is 4.79 Å². The summed E-state index contributed by atoms with van der Waals surface area (Å²) >= 11 is 0. The summed E-state index contributed by atoms with van der Waals surface area (Å²) in [7, 11) is 0. The molecule has 1 atom stereocenters. The fraction of sp³-hybridized carbons (Fsp3) is 0.455. The van der Waals surface area contributed by atoms with Gasteiger partial charge in [0.25, 0.3) is 0 Å². The normalized spacial score (nSPS) is 19.7. The molecule has 1 unspecified atom stereocenters. The number of hydrogen-bond acceptors (Lipinski definition) is 5. The van der Waals surface area contributed by atoms with Crippen LogP contribution in [0.1, 0.15) is 25.0 Å². The average molecular weight is 232 g/mol. The molecule has 0 aliphatic carbocycles. The fourth-order valence-corrected chi connectivity index (χ4v) is 1.98. The summed E-state index contributed by atoms with van der Waals surface area (Å²) in [5.74, 6) is -0.535. The van der Waals surface area contributed by atoms with Gasteiger partial charge in [-0.2, -0.15) is 5.26 Å². The Labute approximate surface area is 98.5 Å². The lowest BCUT2D eigenvalue weighted by molar-refractivity contribution is -0.139. The van der Waals surface area contributed by atoms with Gasteiger partial charge in [-0.25, -0.2) is 14.8 Å². The Bertz CT molecular complexity index is 469. The zero-order valence-corrected chi connectivity index (χ0v) is 9.20. The van der Waals surface area contributed by atoms with E-state index in [0.29, 0.717) is 18.9 Å². The van der Waals surface area contributed by atoms with Crippen molar-refractivity contribution in [2.45, 2.75) is 25.3 Å². The highest BCUT2D eigenvalue weighted by atomic mass is 16.4. The number of piperidine rings is 1. The van der Waals surface area contributed by atoms with Crippen LogP contribution in [-0.2, 0) is 4.79 Å². The van der Waals surface area contributed by atoms with Crippen LogP contribution in [0.5, 0.6) is 0 Å². The molecule has 1 aromatic heterocycles. The summed E-state index contributed by atoms with van der Waals surface area (Å²) < 4.78 is 0. The monoisotopic (exact) mass is 232 g/mol. The Hall–Kier alpha value is -2.16. The van der Waals surface area contributed by atoms with Gasteiger partial charge >= 0.3 is 5.97 Å². The molecule has 2 rings (SSSR count). The van der Waals surface area contributed by atoms with Crippen LogP contribution >= 0.6 is 0 Å². The standard InChI is InChI=1S/C11H12N4O2/c12-7-8-4-5-13-11(14-8)15-6-2-1-3-9(15)10(16)17/h4-5,9H,1-3,6H2,(H,16,17). The van der Waals surface area contributed by atoms with Crippen LogP contribution in [-0.4, -0.2) is 33.6 Å². The maximum atomic E-state index is 11.1. The molecule has 1 fully saturated rings. The van der Waals surface area contributed by atoms with Crippen molar-refractivity contribution in [2.24, 2.45) is 0 Å². The van der Waals surface area contributed by atoms with Gasteiger partial charge in [0, 0.05) is 12.7 Å². The second-order valence-electron chi connectivity index (χ2n) is 3.90. The van der Waals surface area contributed by atoms with Crippen LogP contribution in [0.15, 0.2) is 12.3 Å². The van der Waals surface area contributed by atoms with Crippen molar-refractivity contribution in [2.75, 3.05) is 11.4 Å². The molecule has 2 heterocycles. The molecule has 0 saturated carbocycles. The summed E-state index contributed by atoms with van der Waals surface area (Å²) in [6, 6.07) is 2.84. The third-order valence-electron chi connectivity index (χ3n) is 2.80. The van der Waals surface area contributed by atoms with E-state index in [1.54, 1.807) is 4.90 Å². The first-order valence-corrected chi connectivity index (χ1v) is 5.45. The van der Waals surface area contributed by atoms with E-state index in [2.05, 4.69) is 9.97 Å². The number of carbonyl (C=O) groups is 1. The molecular weight excluding hydrogens is 220 g/mol. The van der Waals surface area contributed by atoms with Gasteiger partial charge in [-0.05, 0) is 25.3 Å².